The zero-order valence-electron chi connectivity index (χ0n) is 21.2. The Morgan fingerprint density at radius 3 is 2.54 bits per heavy atom. The van der Waals surface area contributed by atoms with Crippen molar-refractivity contribution in [2.45, 2.75) is 6.18 Å². The fourth-order valence-corrected chi connectivity index (χ4v) is 4.35. The summed E-state index contributed by atoms with van der Waals surface area (Å²) >= 11 is 1.16. The lowest BCUT2D eigenvalue weighted by atomic mass is 10.1. The first-order valence-corrected chi connectivity index (χ1v) is 12.5. The molecule has 1 saturated heterocycles. The molecule has 1 fully saturated rings. The molecule has 0 aliphatic carbocycles. The van der Waals surface area contributed by atoms with Crippen LogP contribution in [-0.4, -0.2) is 66.3 Å². The third-order valence-corrected chi connectivity index (χ3v) is 6.61. The summed E-state index contributed by atoms with van der Waals surface area (Å²) in [6.45, 7) is 5.69. The van der Waals surface area contributed by atoms with Gasteiger partial charge < -0.3 is 25.6 Å². The molecule has 1 aromatic carbocycles. The molecule has 4 rings (SSSR count). The molecule has 3 heterocycles. The van der Waals surface area contributed by atoms with Gasteiger partial charge in [0.25, 0.3) is 0 Å². The SMILES string of the molecule is C=C(N=C(/C(F)=C\N)N1CCOCC1)c1nnc(-c2ccc(Nc3cc(N(C)C)cc(C(F)(F)F)c3)cn2)s1. The molecule has 3 aromatic rings. The number of ether oxygens (including phenoxy) is 1. The quantitative estimate of drug-likeness (QED) is 0.238. The van der Waals surface area contributed by atoms with E-state index in [4.69, 9.17) is 10.5 Å². The third-order valence-electron chi connectivity index (χ3n) is 5.62. The van der Waals surface area contributed by atoms with Gasteiger partial charge in [0.05, 0.1) is 36.4 Å². The summed E-state index contributed by atoms with van der Waals surface area (Å²) in [4.78, 5) is 12.0. The second-order valence-corrected chi connectivity index (χ2v) is 9.60. The van der Waals surface area contributed by atoms with Gasteiger partial charge in [-0.3, -0.25) is 4.98 Å². The van der Waals surface area contributed by atoms with Crippen LogP contribution in [0.15, 0.2) is 60.1 Å². The number of hydrogen-bond donors (Lipinski definition) is 2. The van der Waals surface area contributed by atoms with E-state index in [-0.39, 0.29) is 17.2 Å². The zero-order chi connectivity index (χ0) is 28.2. The number of rotatable bonds is 7. The number of nitrogens with zero attached hydrogens (tertiary/aromatic N) is 6. The largest absolute Gasteiger partial charge is 0.416 e. The second kappa shape index (κ2) is 11.8. The number of aliphatic imine (C=N–C) groups is 1. The van der Waals surface area contributed by atoms with Crippen LogP contribution in [0.1, 0.15) is 10.6 Å². The Hall–Kier alpha value is -4.04. The van der Waals surface area contributed by atoms with Gasteiger partial charge in [0, 0.05) is 44.8 Å². The molecule has 39 heavy (non-hydrogen) atoms. The Morgan fingerprint density at radius 1 is 1.18 bits per heavy atom. The number of nitrogens with two attached hydrogens (primary N) is 1. The lowest BCUT2D eigenvalue weighted by Gasteiger charge is -2.29. The minimum atomic E-state index is -4.48. The number of morpholine rings is 1. The van der Waals surface area contributed by atoms with Gasteiger partial charge in [-0.15, -0.1) is 10.2 Å². The predicted molar refractivity (Wildman–Crippen MR) is 144 cm³/mol. The van der Waals surface area contributed by atoms with Crippen molar-refractivity contribution < 1.29 is 22.3 Å². The van der Waals surface area contributed by atoms with E-state index >= 15 is 0 Å². The molecule has 1 aliphatic heterocycles. The molecule has 0 unspecified atom stereocenters. The van der Waals surface area contributed by atoms with Gasteiger partial charge in [-0.1, -0.05) is 17.9 Å². The Bertz CT molecular complexity index is 1380. The van der Waals surface area contributed by atoms with Crippen molar-refractivity contribution in [2.24, 2.45) is 10.7 Å². The van der Waals surface area contributed by atoms with E-state index in [1.165, 1.54) is 6.20 Å². The maximum absolute atomic E-state index is 14.4. The molecular weight excluding hydrogens is 536 g/mol. The van der Waals surface area contributed by atoms with Gasteiger partial charge in [0.1, 0.15) is 5.69 Å². The van der Waals surface area contributed by atoms with Gasteiger partial charge in [-0.05, 0) is 30.3 Å². The summed E-state index contributed by atoms with van der Waals surface area (Å²) in [5.74, 6) is -0.644. The van der Waals surface area contributed by atoms with Gasteiger partial charge in [-0.25, -0.2) is 9.38 Å². The van der Waals surface area contributed by atoms with Crippen molar-refractivity contribution in [3.8, 4) is 10.7 Å². The van der Waals surface area contributed by atoms with E-state index < -0.39 is 17.6 Å². The molecule has 0 bridgehead atoms. The summed E-state index contributed by atoms with van der Waals surface area (Å²) < 4.78 is 59.8. The average Bonchev–Trinajstić information content (AvgIpc) is 3.42. The van der Waals surface area contributed by atoms with E-state index in [1.807, 2.05) is 0 Å². The highest BCUT2D eigenvalue weighted by atomic mass is 32.1. The highest BCUT2D eigenvalue weighted by molar-refractivity contribution is 7.15. The van der Waals surface area contributed by atoms with Crippen LogP contribution in [0.25, 0.3) is 16.4 Å². The molecule has 0 atom stereocenters. The van der Waals surface area contributed by atoms with Crippen LogP contribution in [0, 0.1) is 0 Å². The van der Waals surface area contributed by atoms with Crippen LogP contribution in [0.3, 0.4) is 0 Å². The molecule has 9 nitrogen and oxygen atoms in total. The maximum Gasteiger partial charge on any atom is 0.416 e. The number of nitrogens with one attached hydrogen (secondary N) is 1. The topological polar surface area (TPSA) is 105 Å². The first kappa shape index (κ1) is 28.0. The molecule has 2 aromatic heterocycles. The molecular formula is C25H26F4N8OS. The average molecular weight is 563 g/mol. The zero-order valence-corrected chi connectivity index (χ0v) is 22.0. The number of alkyl halides is 3. The molecule has 0 amide bonds. The standard InChI is InChI=1S/C25H26F4N8OS/c1-15(32-22(20(26)13-30)37-6-8-38-9-7-37)23-34-35-24(39-23)21-5-4-17(14-31-21)33-18-10-16(25(27,28)29)11-19(12-18)36(2)3/h4-5,10-14,33H,1,6-9,30H2,2-3H3/b20-13+,32-22?. The Kier molecular flexibility index (Phi) is 8.45. The van der Waals surface area contributed by atoms with E-state index in [1.54, 1.807) is 42.1 Å². The monoisotopic (exact) mass is 562 g/mol. The van der Waals surface area contributed by atoms with E-state index in [0.717, 1.165) is 29.7 Å². The summed E-state index contributed by atoms with van der Waals surface area (Å²) in [7, 11) is 3.33. The van der Waals surface area contributed by atoms with Crippen molar-refractivity contribution in [2.75, 3.05) is 50.6 Å². The summed E-state index contributed by atoms with van der Waals surface area (Å²) in [6.07, 6.45) is -2.16. The van der Waals surface area contributed by atoms with Crippen molar-refractivity contribution in [3.63, 3.8) is 0 Å². The molecule has 3 N–H and O–H groups in total. The number of aromatic nitrogens is 3. The Labute approximate surface area is 226 Å². The van der Waals surface area contributed by atoms with Gasteiger partial charge in [-0.2, -0.15) is 13.2 Å². The Balaban J connectivity index is 1.51. The highest BCUT2D eigenvalue weighted by Gasteiger charge is 2.31. The number of hydrogen-bond acceptors (Lipinski definition) is 9. The lowest BCUT2D eigenvalue weighted by Crippen LogP contribution is -2.41. The fourth-order valence-electron chi connectivity index (χ4n) is 3.61. The first-order chi connectivity index (χ1) is 18.5. The van der Waals surface area contributed by atoms with Crippen LogP contribution < -0.4 is 16.0 Å². The third kappa shape index (κ3) is 6.89. The summed E-state index contributed by atoms with van der Waals surface area (Å²) in [5.41, 5.74) is 6.48. The van der Waals surface area contributed by atoms with Crippen molar-refractivity contribution >= 4 is 39.9 Å². The number of anilines is 3. The van der Waals surface area contributed by atoms with E-state index in [0.29, 0.717) is 53.4 Å². The van der Waals surface area contributed by atoms with Crippen LogP contribution in [0.4, 0.5) is 34.6 Å². The minimum Gasteiger partial charge on any atom is -0.402 e. The second-order valence-electron chi connectivity index (χ2n) is 8.63. The van der Waals surface area contributed by atoms with Crippen molar-refractivity contribution in [1.82, 2.24) is 20.1 Å². The lowest BCUT2D eigenvalue weighted by molar-refractivity contribution is -0.137. The van der Waals surface area contributed by atoms with Gasteiger partial charge >= 0.3 is 6.18 Å². The van der Waals surface area contributed by atoms with E-state index in [2.05, 4.69) is 32.1 Å². The molecule has 0 radical (unpaired) electrons. The highest BCUT2D eigenvalue weighted by Crippen LogP contribution is 2.35. The molecule has 206 valence electrons. The smallest absolute Gasteiger partial charge is 0.402 e. The molecule has 0 spiro atoms. The molecule has 1 aliphatic rings. The van der Waals surface area contributed by atoms with Crippen LogP contribution in [-0.2, 0) is 10.9 Å². The number of halogens is 4. The van der Waals surface area contributed by atoms with Crippen LogP contribution in [0.2, 0.25) is 0 Å². The Morgan fingerprint density at radius 2 is 1.92 bits per heavy atom. The van der Waals surface area contributed by atoms with Crippen LogP contribution in [0.5, 0.6) is 0 Å². The maximum atomic E-state index is 14.4. The molecule has 14 heteroatoms. The number of pyridine rings is 1. The van der Waals surface area contributed by atoms with Crippen molar-refractivity contribution in [1.29, 1.82) is 0 Å². The van der Waals surface area contributed by atoms with Crippen molar-refractivity contribution in [3.05, 3.63) is 65.7 Å². The summed E-state index contributed by atoms with van der Waals surface area (Å²) in [5, 5.41) is 12.0. The van der Waals surface area contributed by atoms with E-state index in [9.17, 15) is 17.6 Å². The van der Waals surface area contributed by atoms with Gasteiger partial charge in [0.2, 0.25) is 0 Å². The van der Waals surface area contributed by atoms with Gasteiger partial charge in [0.15, 0.2) is 21.7 Å². The van der Waals surface area contributed by atoms with Crippen LogP contribution >= 0.6 is 11.3 Å². The first-order valence-electron chi connectivity index (χ1n) is 11.7. The fraction of sp³-hybridized carbons (Fsp3) is 0.280. The number of amidine groups is 1. The normalized spacial score (nSPS) is 14.9. The number of benzene rings is 1. The molecule has 0 saturated carbocycles. The predicted octanol–water partition coefficient (Wildman–Crippen LogP) is 4.90. The minimum absolute atomic E-state index is 0.0446. The summed E-state index contributed by atoms with van der Waals surface area (Å²) in [6, 6.07) is 7.07.